The Hall–Kier alpha value is -3.16. The van der Waals surface area contributed by atoms with Crippen molar-refractivity contribution in [1.82, 2.24) is 20.4 Å². The number of anilines is 1. The zero-order valence-corrected chi connectivity index (χ0v) is 19.2. The highest BCUT2D eigenvalue weighted by Crippen LogP contribution is 2.32. The molecule has 1 aliphatic heterocycles. The number of hydrogen-bond donors (Lipinski definition) is 1. The fraction of sp³-hybridized carbons (Fsp3) is 0.500. The number of rotatable bonds is 7. The molecule has 170 valence electrons. The maximum Gasteiger partial charge on any atom is 0.263 e. The second-order valence-corrected chi connectivity index (χ2v) is 8.89. The number of aryl methyl sites for hydroxylation is 2. The van der Waals surface area contributed by atoms with Crippen LogP contribution in [0.1, 0.15) is 43.8 Å². The molecule has 4 rings (SSSR count). The highest BCUT2D eigenvalue weighted by atomic mass is 16.5. The Balaban J connectivity index is 1.44. The molecule has 0 unspecified atom stereocenters. The van der Waals surface area contributed by atoms with Gasteiger partial charge in [-0.25, -0.2) is 4.98 Å². The number of piperidine rings is 1. The topological polar surface area (TPSA) is 93.4 Å². The third-order valence-electron chi connectivity index (χ3n) is 5.93. The molecule has 2 aromatic heterocycles. The lowest BCUT2D eigenvalue weighted by atomic mass is 9.92. The lowest BCUT2D eigenvalue weighted by molar-refractivity contribution is -0.121. The molecule has 2 atom stereocenters. The molecule has 1 aromatic carbocycles. The maximum absolute atomic E-state index is 12.4. The first-order chi connectivity index (χ1) is 15.4. The van der Waals surface area contributed by atoms with Crippen molar-refractivity contribution in [1.29, 1.82) is 0 Å². The monoisotopic (exact) mass is 437 g/mol. The Morgan fingerprint density at radius 2 is 1.91 bits per heavy atom. The summed E-state index contributed by atoms with van der Waals surface area (Å²) in [5.74, 6) is 3.42. The van der Waals surface area contributed by atoms with Gasteiger partial charge in [0, 0.05) is 32.5 Å². The number of benzene rings is 1. The highest BCUT2D eigenvalue weighted by Gasteiger charge is 2.27. The van der Waals surface area contributed by atoms with Gasteiger partial charge in [0.25, 0.3) is 5.71 Å². The summed E-state index contributed by atoms with van der Waals surface area (Å²) in [5, 5.41) is 7.94. The van der Waals surface area contributed by atoms with E-state index in [1.165, 1.54) is 6.42 Å². The van der Waals surface area contributed by atoms with Gasteiger partial charge >= 0.3 is 0 Å². The third-order valence-corrected chi connectivity index (χ3v) is 5.93. The molecule has 0 radical (unpaired) electrons. The Morgan fingerprint density at radius 1 is 1.19 bits per heavy atom. The van der Waals surface area contributed by atoms with Crippen molar-refractivity contribution in [3.8, 4) is 5.75 Å². The quantitative estimate of drug-likeness (QED) is 0.603. The molecule has 1 saturated heterocycles. The van der Waals surface area contributed by atoms with Crippen molar-refractivity contribution in [3.05, 3.63) is 41.3 Å². The van der Waals surface area contributed by atoms with E-state index in [0.717, 1.165) is 41.3 Å². The zero-order chi connectivity index (χ0) is 22.7. The zero-order valence-electron chi connectivity index (χ0n) is 19.2. The molecule has 8 nitrogen and oxygen atoms in total. The van der Waals surface area contributed by atoms with Gasteiger partial charge in [0.05, 0.1) is 12.8 Å². The first kappa shape index (κ1) is 22.0. The van der Waals surface area contributed by atoms with Gasteiger partial charge in [0.2, 0.25) is 5.91 Å². The number of ether oxygens (including phenoxy) is 1. The number of methoxy groups -OCH3 is 1. The Kier molecular flexibility index (Phi) is 6.58. The van der Waals surface area contributed by atoms with Crippen LogP contribution in [0.4, 0.5) is 5.82 Å². The van der Waals surface area contributed by atoms with Crippen LogP contribution in [-0.4, -0.2) is 41.2 Å². The highest BCUT2D eigenvalue weighted by molar-refractivity contribution is 5.88. The van der Waals surface area contributed by atoms with Crippen molar-refractivity contribution in [2.24, 2.45) is 11.8 Å². The van der Waals surface area contributed by atoms with Crippen LogP contribution in [0.15, 0.2) is 28.8 Å². The summed E-state index contributed by atoms with van der Waals surface area (Å²) in [6.07, 6.45) is 1.96. The standard InChI is InChI=1S/C24H31N5O3/c1-15-11-16(2)14-29(13-15)23-22-17(3)28-32-24(22)27-20(26-23)9-10-21(30)25-12-18-5-7-19(31-4)8-6-18/h5-8,15-16H,9-14H2,1-4H3,(H,25,30)/t15-,16+. The number of nitrogens with one attached hydrogen (secondary N) is 1. The molecule has 0 saturated carbocycles. The Bertz CT molecular complexity index is 1070. The summed E-state index contributed by atoms with van der Waals surface area (Å²) >= 11 is 0. The first-order valence-electron chi connectivity index (χ1n) is 11.2. The summed E-state index contributed by atoms with van der Waals surface area (Å²) in [4.78, 5) is 24.1. The first-order valence-corrected chi connectivity index (χ1v) is 11.2. The minimum Gasteiger partial charge on any atom is -0.497 e. The van der Waals surface area contributed by atoms with Crippen molar-refractivity contribution < 1.29 is 14.1 Å². The molecule has 0 aliphatic carbocycles. The van der Waals surface area contributed by atoms with E-state index in [4.69, 9.17) is 14.2 Å². The Labute approximate surface area is 188 Å². The van der Waals surface area contributed by atoms with E-state index in [0.29, 0.717) is 42.8 Å². The fourth-order valence-corrected chi connectivity index (χ4v) is 4.45. The van der Waals surface area contributed by atoms with Crippen LogP contribution in [0.5, 0.6) is 5.75 Å². The van der Waals surface area contributed by atoms with E-state index >= 15 is 0 Å². The van der Waals surface area contributed by atoms with Crippen LogP contribution in [0.3, 0.4) is 0 Å². The third kappa shape index (κ3) is 5.00. The van der Waals surface area contributed by atoms with Crippen LogP contribution in [0, 0.1) is 18.8 Å². The molecule has 3 heterocycles. The molecule has 1 N–H and O–H groups in total. The smallest absolute Gasteiger partial charge is 0.263 e. The van der Waals surface area contributed by atoms with Crippen molar-refractivity contribution >= 4 is 22.8 Å². The van der Waals surface area contributed by atoms with Crippen LogP contribution >= 0.6 is 0 Å². The van der Waals surface area contributed by atoms with E-state index in [2.05, 4.69) is 34.2 Å². The number of hydrogen-bond acceptors (Lipinski definition) is 7. The van der Waals surface area contributed by atoms with Crippen molar-refractivity contribution in [2.45, 2.75) is 46.6 Å². The largest absolute Gasteiger partial charge is 0.497 e. The van der Waals surface area contributed by atoms with E-state index in [9.17, 15) is 4.79 Å². The van der Waals surface area contributed by atoms with Gasteiger partial charge < -0.3 is 19.5 Å². The van der Waals surface area contributed by atoms with Crippen LogP contribution in [-0.2, 0) is 17.8 Å². The minimum absolute atomic E-state index is 0.0416. The number of carbonyl (C=O) groups excluding carboxylic acids is 1. The van der Waals surface area contributed by atoms with Crippen molar-refractivity contribution in [3.63, 3.8) is 0 Å². The summed E-state index contributed by atoms with van der Waals surface area (Å²) in [6, 6.07) is 7.64. The molecule has 32 heavy (non-hydrogen) atoms. The summed E-state index contributed by atoms with van der Waals surface area (Å²) in [5.41, 5.74) is 2.31. The van der Waals surface area contributed by atoms with Gasteiger partial charge in [-0.2, -0.15) is 4.98 Å². The molecule has 8 heteroatoms. The Morgan fingerprint density at radius 3 is 2.59 bits per heavy atom. The van der Waals surface area contributed by atoms with Gasteiger partial charge in [0.15, 0.2) is 0 Å². The number of carbonyl (C=O) groups is 1. The van der Waals surface area contributed by atoms with E-state index < -0.39 is 0 Å². The van der Waals surface area contributed by atoms with E-state index in [1.807, 2.05) is 31.2 Å². The van der Waals surface area contributed by atoms with Crippen molar-refractivity contribution in [2.75, 3.05) is 25.1 Å². The summed E-state index contributed by atoms with van der Waals surface area (Å²) in [7, 11) is 1.63. The molecular weight excluding hydrogens is 406 g/mol. The molecule has 3 aromatic rings. The molecule has 1 aliphatic rings. The number of fused-ring (bicyclic) bond motifs is 1. The fourth-order valence-electron chi connectivity index (χ4n) is 4.45. The van der Waals surface area contributed by atoms with Crippen LogP contribution in [0.25, 0.3) is 11.1 Å². The van der Waals surface area contributed by atoms with Gasteiger partial charge in [-0.3, -0.25) is 4.79 Å². The predicted octanol–water partition coefficient (Wildman–Crippen LogP) is 3.67. The lowest BCUT2D eigenvalue weighted by Gasteiger charge is -2.36. The average Bonchev–Trinajstić information content (AvgIpc) is 3.16. The molecular formula is C24H31N5O3. The number of aromatic nitrogens is 3. The van der Waals surface area contributed by atoms with Gasteiger partial charge in [-0.05, 0) is 42.9 Å². The second kappa shape index (κ2) is 9.54. The SMILES string of the molecule is COc1ccc(CNC(=O)CCc2nc(N3C[C@H](C)C[C@H](C)C3)c3c(C)noc3n2)cc1. The normalized spacial score (nSPS) is 18.7. The van der Waals surface area contributed by atoms with Gasteiger partial charge in [-0.15, -0.1) is 0 Å². The van der Waals surface area contributed by atoms with E-state index in [-0.39, 0.29) is 5.91 Å². The summed E-state index contributed by atoms with van der Waals surface area (Å²) < 4.78 is 10.6. The van der Waals surface area contributed by atoms with Crippen LogP contribution < -0.4 is 15.0 Å². The molecule has 1 fully saturated rings. The second-order valence-electron chi connectivity index (χ2n) is 8.89. The lowest BCUT2D eigenvalue weighted by Crippen LogP contribution is -2.39. The molecule has 0 bridgehead atoms. The average molecular weight is 438 g/mol. The number of amides is 1. The van der Waals surface area contributed by atoms with Crippen LogP contribution in [0.2, 0.25) is 0 Å². The van der Waals surface area contributed by atoms with Gasteiger partial charge in [-0.1, -0.05) is 31.1 Å². The van der Waals surface area contributed by atoms with Gasteiger partial charge in [0.1, 0.15) is 22.8 Å². The maximum atomic E-state index is 12.4. The molecule has 1 amide bonds. The van der Waals surface area contributed by atoms with E-state index in [1.54, 1.807) is 7.11 Å². The number of nitrogens with zero attached hydrogens (tertiary/aromatic N) is 4. The predicted molar refractivity (Wildman–Crippen MR) is 123 cm³/mol. The summed E-state index contributed by atoms with van der Waals surface area (Å²) in [6.45, 7) is 8.83. The molecule has 0 spiro atoms. The minimum atomic E-state index is -0.0416.